The van der Waals surface area contributed by atoms with Crippen LogP contribution < -0.4 is 5.32 Å². The first kappa shape index (κ1) is 11.2. The molecule has 0 aliphatic carbocycles. The molecule has 0 unspecified atom stereocenters. The monoisotopic (exact) mass is 251 g/mol. The van der Waals surface area contributed by atoms with Crippen LogP contribution in [0.5, 0.6) is 0 Å². The van der Waals surface area contributed by atoms with E-state index < -0.39 is 0 Å². The lowest BCUT2D eigenvalue weighted by atomic mass is 10.5. The molecule has 16 heavy (non-hydrogen) atoms. The maximum Gasteiger partial charge on any atom is 0.126 e. The van der Waals surface area contributed by atoms with Crippen molar-refractivity contribution in [3.63, 3.8) is 0 Å². The number of halogens is 1. The van der Waals surface area contributed by atoms with E-state index >= 15 is 0 Å². The van der Waals surface area contributed by atoms with Gasteiger partial charge in [0.2, 0.25) is 0 Å². The summed E-state index contributed by atoms with van der Waals surface area (Å²) in [5.74, 6) is 0.846. The van der Waals surface area contributed by atoms with E-state index in [1.165, 1.54) is 0 Å². The van der Waals surface area contributed by atoms with Gasteiger partial charge in [-0.15, -0.1) is 0 Å². The highest BCUT2D eigenvalue weighted by molar-refractivity contribution is 7.99. The third-order valence-electron chi connectivity index (χ3n) is 1.91. The molecule has 0 aromatic carbocycles. The number of aromatic nitrogens is 2. The van der Waals surface area contributed by atoms with E-state index in [-0.39, 0.29) is 0 Å². The Morgan fingerprint density at radius 1 is 1.25 bits per heavy atom. The molecule has 82 valence electrons. The quantitative estimate of drug-likeness (QED) is 0.908. The maximum atomic E-state index is 5.77. The van der Waals surface area contributed by atoms with Crippen molar-refractivity contribution >= 4 is 29.2 Å². The summed E-state index contributed by atoms with van der Waals surface area (Å²) in [6.07, 6.45) is 3.41. The summed E-state index contributed by atoms with van der Waals surface area (Å²) < 4.78 is 0. The summed E-state index contributed by atoms with van der Waals surface area (Å²) in [5, 5.41) is 4.56. The van der Waals surface area contributed by atoms with E-state index in [9.17, 15) is 0 Å². The zero-order chi connectivity index (χ0) is 11.4. The minimum atomic E-state index is 0.648. The molecule has 3 nitrogen and oxygen atoms in total. The highest BCUT2D eigenvalue weighted by atomic mass is 35.5. The highest BCUT2D eigenvalue weighted by Gasteiger charge is 2.00. The normalized spacial score (nSPS) is 10.1. The lowest BCUT2D eigenvalue weighted by molar-refractivity contribution is 1.13. The van der Waals surface area contributed by atoms with E-state index in [1.807, 2.05) is 31.3 Å². The van der Waals surface area contributed by atoms with Gasteiger partial charge in [-0.25, -0.2) is 9.97 Å². The van der Waals surface area contributed by atoms with E-state index in [0.717, 1.165) is 15.7 Å². The van der Waals surface area contributed by atoms with Gasteiger partial charge in [-0.2, -0.15) is 0 Å². The van der Waals surface area contributed by atoms with Gasteiger partial charge < -0.3 is 5.32 Å². The van der Waals surface area contributed by atoms with Crippen molar-refractivity contribution in [2.45, 2.75) is 9.92 Å². The average Bonchev–Trinajstić information content (AvgIpc) is 2.32. The zero-order valence-electron chi connectivity index (χ0n) is 8.64. The SMILES string of the molecule is CNc1cc(Sc2ccc(Cl)cn2)ccn1. The Morgan fingerprint density at radius 2 is 2.12 bits per heavy atom. The summed E-state index contributed by atoms with van der Waals surface area (Å²) in [4.78, 5) is 9.46. The van der Waals surface area contributed by atoms with Crippen LogP contribution in [0, 0.1) is 0 Å². The molecule has 0 atom stereocenters. The summed E-state index contributed by atoms with van der Waals surface area (Å²) in [7, 11) is 1.84. The molecule has 0 saturated carbocycles. The number of hydrogen-bond donors (Lipinski definition) is 1. The van der Waals surface area contributed by atoms with E-state index in [1.54, 1.807) is 24.2 Å². The Hall–Kier alpha value is -1.26. The van der Waals surface area contributed by atoms with Gasteiger partial charge in [0.15, 0.2) is 0 Å². The van der Waals surface area contributed by atoms with Gasteiger partial charge in [-0.3, -0.25) is 0 Å². The van der Waals surface area contributed by atoms with Crippen molar-refractivity contribution in [1.82, 2.24) is 9.97 Å². The molecule has 0 amide bonds. The summed E-state index contributed by atoms with van der Waals surface area (Å²) >= 11 is 7.35. The van der Waals surface area contributed by atoms with Gasteiger partial charge in [0.05, 0.1) is 5.02 Å². The second kappa shape index (κ2) is 5.18. The molecule has 5 heteroatoms. The van der Waals surface area contributed by atoms with Gasteiger partial charge in [0.1, 0.15) is 10.8 Å². The molecule has 0 bridgehead atoms. The standard InChI is InChI=1S/C11H10ClN3S/c1-13-10-6-9(4-5-14-10)16-11-3-2-8(12)7-15-11/h2-7H,1H3,(H,13,14). The van der Waals surface area contributed by atoms with E-state index in [0.29, 0.717) is 5.02 Å². The third-order valence-corrected chi connectivity index (χ3v) is 3.07. The summed E-state index contributed by atoms with van der Waals surface area (Å²) in [6, 6.07) is 7.65. The molecule has 0 fully saturated rings. The van der Waals surface area contributed by atoms with E-state index in [4.69, 9.17) is 11.6 Å². The molecule has 2 rings (SSSR count). The van der Waals surface area contributed by atoms with Gasteiger partial charge in [-0.1, -0.05) is 23.4 Å². The maximum absolute atomic E-state index is 5.77. The summed E-state index contributed by atoms with van der Waals surface area (Å²) in [6.45, 7) is 0. The van der Waals surface area contributed by atoms with Crippen LogP contribution in [0.3, 0.4) is 0 Å². The van der Waals surface area contributed by atoms with Crippen molar-refractivity contribution in [3.8, 4) is 0 Å². The molecule has 1 N–H and O–H groups in total. The lowest BCUT2D eigenvalue weighted by Gasteiger charge is -2.03. The second-order valence-corrected chi connectivity index (χ2v) is 4.57. The van der Waals surface area contributed by atoms with Crippen molar-refractivity contribution in [1.29, 1.82) is 0 Å². The molecule has 2 aromatic heterocycles. The number of pyridine rings is 2. The Balaban J connectivity index is 2.16. The Morgan fingerprint density at radius 3 is 2.81 bits per heavy atom. The molecule has 0 spiro atoms. The van der Waals surface area contributed by atoms with Crippen LogP contribution in [0.2, 0.25) is 5.02 Å². The highest BCUT2D eigenvalue weighted by Crippen LogP contribution is 2.27. The number of nitrogens with one attached hydrogen (secondary N) is 1. The first-order chi connectivity index (χ1) is 7.78. The first-order valence-electron chi connectivity index (χ1n) is 4.71. The zero-order valence-corrected chi connectivity index (χ0v) is 10.2. The van der Waals surface area contributed by atoms with Gasteiger partial charge in [0, 0.05) is 24.3 Å². The molecule has 0 aliphatic heterocycles. The van der Waals surface area contributed by atoms with Crippen molar-refractivity contribution < 1.29 is 0 Å². The molecular weight excluding hydrogens is 242 g/mol. The van der Waals surface area contributed by atoms with Gasteiger partial charge in [0.25, 0.3) is 0 Å². The number of anilines is 1. The molecule has 0 radical (unpaired) electrons. The number of hydrogen-bond acceptors (Lipinski definition) is 4. The Bertz CT molecular complexity index is 473. The first-order valence-corrected chi connectivity index (χ1v) is 5.90. The van der Waals surface area contributed by atoms with Crippen LogP contribution in [-0.2, 0) is 0 Å². The van der Waals surface area contributed by atoms with Crippen molar-refractivity contribution in [3.05, 3.63) is 41.7 Å². The van der Waals surface area contributed by atoms with E-state index in [2.05, 4.69) is 15.3 Å². The van der Waals surface area contributed by atoms with Crippen LogP contribution in [0.4, 0.5) is 5.82 Å². The fourth-order valence-electron chi connectivity index (χ4n) is 1.15. The average molecular weight is 252 g/mol. The third kappa shape index (κ3) is 2.87. The van der Waals surface area contributed by atoms with Crippen LogP contribution >= 0.6 is 23.4 Å². The van der Waals surface area contributed by atoms with Crippen LogP contribution in [0.25, 0.3) is 0 Å². The van der Waals surface area contributed by atoms with Crippen LogP contribution in [0.15, 0.2) is 46.6 Å². The molecule has 0 aliphatic rings. The molecule has 2 aromatic rings. The van der Waals surface area contributed by atoms with Crippen LogP contribution in [-0.4, -0.2) is 17.0 Å². The Kier molecular flexibility index (Phi) is 3.64. The largest absolute Gasteiger partial charge is 0.373 e. The molecule has 2 heterocycles. The smallest absolute Gasteiger partial charge is 0.126 e. The fourth-order valence-corrected chi connectivity index (χ4v) is 2.05. The minimum Gasteiger partial charge on any atom is -0.373 e. The molecular formula is C11H10ClN3S. The fraction of sp³-hybridized carbons (Fsp3) is 0.0909. The predicted molar refractivity (Wildman–Crippen MR) is 67.2 cm³/mol. The van der Waals surface area contributed by atoms with Gasteiger partial charge in [-0.05, 0) is 24.3 Å². The topological polar surface area (TPSA) is 37.8 Å². The minimum absolute atomic E-state index is 0.648. The van der Waals surface area contributed by atoms with Gasteiger partial charge >= 0.3 is 0 Å². The second-order valence-electron chi connectivity index (χ2n) is 3.04. The van der Waals surface area contributed by atoms with Crippen molar-refractivity contribution in [2.75, 3.05) is 12.4 Å². The Labute approximate surface area is 103 Å². The van der Waals surface area contributed by atoms with Crippen LogP contribution in [0.1, 0.15) is 0 Å². The lowest BCUT2D eigenvalue weighted by Crippen LogP contribution is -1.91. The number of rotatable bonds is 3. The molecule has 0 saturated heterocycles. The predicted octanol–water partition coefficient (Wildman–Crippen LogP) is 3.32. The van der Waals surface area contributed by atoms with Crippen molar-refractivity contribution in [2.24, 2.45) is 0 Å². The number of nitrogens with zero attached hydrogens (tertiary/aromatic N) is 2. The summed E-state index contributed by atoms with van der Waals surface area (Å²) in [5.41, 5.74) is 0.